The lowest BCUT2D eigenvalue weighted by Crippen LogP contribution is -2.12. The number of carbonyl (C=O) groups excluding carboxylic acids is 1. The standard InChI is InChI=1S/C14H8BrCl2NO3/c15-9-1-8(14(20)21)4-12(5-9)18-13(19)7-2-10(16)6-11(17)3-7/h1-6H,(H,18,19)(H,20,21). The molecule has 0 radical (unpaired) electrons. The van der Waals surface area contributed by atoms with Crippen LogP contribution in [0.2, 0.25) is 10.0 Å². The lowest BCUT2D eigenvalue weighted by atomic mass is 10.1. The molecule has 0 heterocycles. The number of hydrogen-bond donors (Lipinski definition) is 2. The molecule has 0 fully saturated rings. The molecule has 0 spiro atoms. The van der Waals surface area contributed by atoms with Crippen LogP contribution in [0.5, 0.6) is 0 Å². The summed E-state index contributed by atoms with van der Waals surface area (Å²) in [5.74, 6) is -1.52. The van der Waals surface area contributed by atoms with Crippen LogP contribution in [0, 0.1) is 0 Å². The minimum Gasteiger partial charge on any atom is -0.478 e. The zero-order valence-electron chi connectivity index (χ0n) is 10.4. The van der Waals surface area contributed by atoms with E-state index >= 15 is 0 Å². The zero-order valence-corrected chi connectivity index (χ0v) is 13.5. The number of benzene rings is 2. The predicted molar refractivity (Wildman–Crippen MR) is 85.5 cm³/mol. The maximum absolute atomic E-state index is 12.1. The van der Waals surface area contributed by atoms with Gasteiger partial charge in [0, 0.05) is 25.8 Å². The van der Waals surface area contributed by atoms with E-state index in [2.05, 4.69) is 21.2 Å². The van der Waals surface area contributed by atoms with Gasteiger partial charge in [0.1, 0.15) is 0 Å². The fourth-order valence-corrected chi connectivity index (χ4v) is 2.69. The molecule has 0 atom stereocenters. The van der Waals surface area contributed by atoms with Gasteiger partial charge < -0.3 is 10.4 Å². The van der Waals surface area contributed by atoms with Gasteiger partial charge in [-0.05, 0) is 36.4 Å². The van der Waals surface area contributed by atoms with Gasteiger partial charge in [0.05, 0.1) is 5.56 Å². The number of aromatic carboxylic acids is 1. The van der Waals surface area contributed by atoms with E-state index in [1.807, 2.05) is 0 Å². The molecule has 2 N–H and O–H groups in total. The number of carboxylic acid groups (broad SMARTS) is 1. The molecule has 21 heavy (non-hydrogen) atoms. The van der Waals surface area contributed by atoms with Crippen LogP contribution in [0.15, 0.2) is 40.9 Å². The van der Waals surface area contributed by atoms with Crippen molar-refractivity contribution in [2.45, 2.75) is 0 Å². The smallest absolute Gasteiger partial charge is 0.335 e. The number of amides is 1. The molecule has 0 aliphatic carbocycles. The number of halogens is 3. The van der Waals surface area contributed by atoms with Gasteiger partial charge in [-0.25, -0.2) is 4.79 Å². The first-order chi connectivity index (χ1) is 9.85. The first kappa shape index (κ1) is 15.8. The number of hydrogen-bond acceptors (Lipinski definition) is 2. The summed E-state index contributed by atoms with van der Waals surface area (Å²) < 4.78 is 0.543. The topological polar surface area (TPSA) is 66.4 Å². The fourth-order valence-electron chi connectivity index (χ4n) is 1.67. The van der Waals surface area contributed by atoms with Gasteiger partial charge in [0.25, 0.3) is 5.91 Å². The van der Waals surface area contributed by atoms with E-state index < -0.39 is 11.9 Å². The number of anilines is 1. The number of rotatable bonds is 3. The molecule has 0 saturated carbocycles. The summed E-state index contributed by atoms with van der Waals surface area (Å²) in [4.78, 5) is 23.1. The van der Waals surface area contributed by atoms with E-state index in [4.69, 9.17) is 28.3 Å². The molecule has 0 aromatic heterocycles. The van der Waals surface area contributed by atoms with E-state index in [0.717, 1.165) is 0 Å². The van der Waals surface area contributed by atoms with Crippen molar-refractivity contribution in [2.24, 2.45) is 0 Å². The molecule has 4 nitrogen and oxygen atoms in total. The van der Waals surface area contributed by atoms with Crippen molar-refractivity contribution in [1.82, 2.24) is 0 Å². The van der Waals surface area contributed by atoms with Gasteiger partial charge in [-0.1, -0.05) is 39.1 Å². The predicted octanol–water partition coefficient (Wildman–Crippen LogP) is 4.71. The molecular formula is C14H8BrCl2NO3. The van der Waals surface area contributed by atoms with Crippen molar-refractivity contribution in [1.29, 1.82) is 0 Å². The minimum absolute atomic E-state index is 0.0591. The molecule has 2 aromatic rings. The second-order valence-electron chi connectivity index (χ2n) is 4.15. The van der Waals surface area contributed by atoms with Crippen molar-refractivity contribution in [3.8, 4) is 0 Å². The molecule has 1 amide bonds. The third kappa shape index (κ3) is 4.20. The van der Waals surface area contributed by atoms with Gasteiger partial charge in [-0.3, -0.25) is 4.79 Å². The first-order valence-corrected chi connectivity index (χ1v) is 7.21. The van der Waals surface area contributed by atoms with Crippen LogP contribution >= 0.6 is 39.1 Å². The monoisotopic (exact) mass is 387 g/mol. The van der Waals surface area contributed by atoms with Gasteiger partial charge in [-0.15, -0.1) is 0 Å². The molecule has 7 heteroatoms. The lowest BCUT2D eigenvalue weighted by Gasteiger charge is -2.08. The third-order valence-corrected chi connectivity index (χ3v) is 3.42. The Morgan fingerprint density at radius 1 is 0.952 bits per heavy atom. The highest BCUT2D eigenvalue weighted by molar-refractivity contribution is 9.10. The Kier molecular flexibility index (Phi) is 4.88. The van der Waals surface area contributed by atoms with E-state index in [0.29, 0.717) is 20.2 Å². The maximum atomic E-state index is 12.1. The van der Waals surface area contributed by atoms with Crippen molar-refractivity contribution in [3.05, 3.63) is 62.0 Å². The Morgan fingerprint density at radius 3 is 2.14 bits per heavy atom. The highest BCUT2D eigenvalue weighted by atomic mass is 79.9. The van der Waals surface area contributed by atoms with Crippen LogP contribution in [0.3, 0.4) is 0 Å². The van der Waals surface area contributed by atoms with Gasteiger partial charge in [0.15, 0.2) is 0 Å². The SMILES string of the molecule is O=C(O)c1cc(Br)cc(NC(=O)c2cc(Cl)cc(Cl)c2)c1. The summed E-state index contributed by atoms with van der Waals surface area (Å²) in [6.45, 7) is 0. The molecular weight excluding hydrogens is 381 g/mol. The maximum Gasteiger partial charge on any atom is 0.335 e. The van der Waals surface area contributed by atoms with Crippen molar-refractivity contribution in [2.75, 3.05) is 5.32 Å². The Hall–Kier alpha value is -1.56. The summed E-state index contributed by atoms with van der Waals surface area (Å²) in [6, 6.07) is 8.85. The highest BCUT2D eigenvalue weighted by Gasteiger charge is 2.11. The van der Waals surface area contributed by atoms with Gasteiger partial charge in [0.2, 0.25) is 0 Å². The lowest BCUT2D eigenvalue weighted by molar-refractivity contribution is 0.0696. The van der Waals surface area contributed by atoms with Crippen LogP contribution < -0.4 is 5.32 Å². The fraction of sp³-hybridized carbons (Fsp3) is 0. The second kappa shape index (κ2) is 6.47. The molecule has 2 aromatic carbocycles. The van der Waals surface area contributed by atoms with Crippen LogP contribution in [0.25, 0.3) is 0 Å². The first-order valence-electron chi connectivity index (χ1n) is 5.66. The van der Waals surface area contributed by atoms with Crippen molar-refractivity contribution in [3.63, 3.8) is 0 Å². The Morgan fingerprint density at radius 2 is 1.57 bits per heavy atom. The summed E-state index contributed by atoms with van der Waals surface area (Å²) in [6.07, 6.45) is 0. The molecule has 108 valence electrons. The molecule has 0 saturated heterocycles. The van der Waals surface area contributed by atoms with E-state index in [-0.39, 0.29) is 11.1 Å². The Bertz CT molecular complexity index is 714. The Balaban J connectivity index is 2.29. The average Bonchev–Trinajstić information content (AvgIpc) is 2.36. The number of carbonyl (C=O) groups is 2. The summed E-state index contributed by atoms with van der Waals surface area (Å²) in [5, 5.41) is 12.3. The summed E-state index contributed by atoms with van der Waals surface area (Å²) in [7, 11) is 0. The molecule has 0 aliphatic heterocycles. The van der Waals surface area contributed by atoms with Crippen LogP contribution in [0.4, 0.5) is 5.69 Å². The molecule has 2 rings (SSSR count). The van der Waals surface area contributed by atoms with Gasteiger partial charge >= 0.3 is 5.97 Å². The summed E-state index contributed by atoms with van der Waals surface area (Å²) >= 11 is 14.9. The quantitative estimate of drug-likeness (QED) is 0.800. The number of nitrogens with one attached hydrogen (secondary N) is 1. The minimum atomic E-state index is -1.09. The van der Waals surface area contributed by atoms with Crippen LogP contribution in [0.1, 0.15) is 20.7 Å². The third-order valence-electron chi connectivity index (χ3n) is 2.53. The van der Waals surface area contributed by atoms with Crippen LogP contribution in [-0.2, 0) is 0 Å². The molecule has 0 aliphatic rings. The molecule has 0 bridgehead atoms. The highest BCUT2D eigenvalue weighted by Crippen LogP contribution is 2.22. The Labute approximate surface area is 138 Å². The number of carboxylic acids is 1. The molecule has 0 unspecified atom stereocenters. The second-order valence-corrected chi connectivity index (χ2v) is 5.93. The normalized spacial score (nSPS) is 10.2. The van der Waals surface area contributed by atoms with Gasteiger partial charge in [-0.2, -0.15) is 0 Å². The largest absolute Gasteiger partial charge is 0.478 e. The average molecular weight is 389 g/mol. The van der Waals surface area contributed by atoms with Crippen LogP contribution in [-0.4, -0.2) is 17.0 Å². The summed E-state index contributed by atoms with van der Waals surface area (Å²) in [5.41, 5.74) is 0.691. The van der Waals surface area contributed by atoms with E-state index in [9.17, 15) is 9.59 Å². The van der Waals surface area contributed by atoms with Crippen molar-refractivity contribution < 1.29 is 14.7 Å². The van der Waals surface area contributed by atoms with E-state index in [1.54, 1.807) is 6.07 Å². The zero-order chi connectivity index (χ0) is 15.6. The van der Waals surface area contributed by atoms with E-state index in [1.165, 1.54) is 30.3 Å². The van der Waals surface area contributed by atoms with Crippen molar-refractivity contribution >= 4 is 56.7 Å².